The van der Waals surface area contributed by atoms with Crippen molar-refractivity contribution in [2.75, 3.05) is 5.75 Å². The van der Waals surface area contributed by atoms with Crippen LogP contribution in [0.1, 0.15) is 33.1 Å². The Morgan fingerprint density at radius 3 is 2.69 bits per heavy atom. The van der Waals surface area contributed by atoms with E-state index in [1.54, 1.807) is 0 Å². The Kier molecular flexibility index (Phi) is 1.21. The summed E-state index contributed by atoms with van der Waals surface area (Å²) >= 11 is 1.94. The molecule has 0 unspecified atom stereocenters. The molecule has 1 aliphatic heterocycles. The maximum absolute atomic E-state index is 9.37. The molecule has 1 heterocycles. The average Bonchev–Trinajstić information content (AvgIpc) is 2.58. The zero-order valence-electron chi connectivity index (χ0n) is 8.26. The number of nitrogens with zero attached hydrogens (tertiary/aromatic N) is 1. The van der Waals surface area contributed by atoms with Crippen molar-refractivity contribution in [3.63, 3.8) is 0 Å². The molecule has 2 saturated carbocycles. The Morgan fingerprint density at radius 2 is 2.23 bits per heavy atom. The highest BCUT2D eigenvalue weighted by molar-refractivity contribution is 8.01. The van der Waals surface area contributed by atoms with Crippen molar-refractivity contribution in [2.45, 2.75) is 37.9 Å². The van der Waals surface area contributed by atoms with E-state index in [4.69, 9.17) is 0 Å². The first-order chi connectivity index (χ1) is 6.08. The van der Waals surface area contributed by atoms with E-state index in [-0.39, 0.29) is 4.75 Å². The van der Waals surface area contributed by atoms with Gasteiger partial charge in [-0.25, -0.2) is 0 Å². The maximum Gasteiger partial charge on any atom is 0.108 e. The normalized spacial score (nSPS) is 62.7. The molecule has 2 aliphatic carbocycles. The molecule has 2 heteroatoms. The van der Waals surface area contributed by atoms with Crippen LogP contribution >= 0.6 is 11.8 Å². The molecule has 0 aromatic rings. The van der Waals surface area contributed by atoms with Crippen molar-refractivity contribution in [1.29, 1.82) is 5.26 Å². The van der Waals surface area contributed by atoms with E-state index in [0.717, 1.165) is 5.92 Å². The van der Waals surface area contributed by atoms with Crippen LogP contribution in [-0.2, 0) is 0 Å². The van der Waals surface area contributed by atoms with Crippen molar-refractivity contribution in [1.82, 2.24) is 0 Å². The molecule has 4 bridgehead atoms. The van der Waals surface area contributed by atoms with Gasteiger partial charge < -0.3 is 0 Å². The zero-order valence-corrected chi connectivity index (χ0v) is 9.08. The number of hydrogen-bond acceptors (Lipinski definition) is 2. The SMILES string of the molecule is C[C@@]12CC[C@@H]3C[C@]1(C#N)SC[C@]32C. The molecule has 13 heavy (non-hydrogen) atoms. The van der Waals surface area contributed by atoms with Crippen LogP contribution in [0.4, 0.5) is 0 Å². The predicted molar refractivity (Wildman–Crippen MR) is 54.4 cm³/mol. The van der Waals surface area contributed by atoms with Crippen molar-refractivity contribution in [3.8, 4) is 6.07 Å². The zero-order chi connectivity index (χ0) is 9.32. The van der Waals surface area contributed by atoms with Gasteiger partial charge >= 0.3 is 0 Å². The summed E-state index contributed by atoms with van der Waals surface area (Å²) in [4.78, 5) is 0. The van der Waals surface area contributed by atoms with E-state index in [1.165, 1.54) is 25.0 Å². The highest BCUT2D eigenvalue weighted by atomic mass is 32.2. The Balaban J connectivity index is 2.21. The van der Waals surface area contributed by atoms with Gasteiger partial charge in [0.15, 0.2) is 0 Å². The maximum atomic E-state index is 9.37. The van der Waals surface area contributed by atoms with Crippen LogP contribution in [0.25, 0.3) is 0 Å². The Bertz CT molecular complexity index is 321. The molecule has 0 N–H and O–H groups in total. The van der Waals surface area contributed by atoms with Crippen LogP contribution in [0.15, 0.2) is 0 Å². The summed E-state index contributed by atoms with van der Waals surface area (Å²) in [5, 5.41) is 9.37. The first-order valence-electron chi connectivity index (χ1n) is 5.13. The average molecular weight is 193 g/mol. The predicted octanol–water partition coefficient (Wildman–Crippen LogP) is 2.82. The Morgan fingerprint density at radius 1 is 1.46 bits per heavy atom. The smallest absolute Gasteiger partial charge is 0.108 e. The first-order valence-corrected chi connectivity index (χ1v) is 6.12. The minimum absolute atomic E-state index is 0.00926. The number of thioether (sulfide) groups is 1. The van der Waals surface area contributed by atoms with Crippen molar-refractivity contribution in [2.24, 2.45) is 16.7 Å². The summed E-state index contributed by atoms with van der Waals surface area (Å²) in [5.41, 5.74) is 0.803. The third kappa shape index (κ3) is 0.570. The standard InChI is InChI=1S/C11H15NS/c1-9-7-13-11(6-12)5-8(9)3-4-10(9,11)2/h8H,3-5,7H2,1-2H3/t8-,9-,10+,11-/m1/s1. The van der Waals surface area contributed by atoms with Crippen molar-refractivity contribution in [3.05, 3.63) is 0 Å². The summed E-state index contributed by atoms with van der Waals surface area (Å²) in [5.74, 6) is 2.07. The topological polar surface area (TPSA) is 23.8 Å². The van der Waals surface area contributed by atoms with Crippen LogP contribution in [0.5, 0.6) is 0 Å². The molecule has 0 amide bonds. The second-order valence-electron chi connectivity index (χ2n) is 5.42. The lowest BCUT2D eigenvalue weighted by Gasteiger charge is -2.36. The molecule has 0 spiro atoms. The van der Waals surface area contributed by atoms with Crippen LogP contribution < -0.4 is 0 Å². The summed E-state index contributed by atoms with van der Waals surface area (Å²) in [6, 6.07) is 2.63. The molecule has 0 aromatic heterocycles. The lowest BCUT2D eigenvalue weighted by molar-refractivity contribution is 0.162. The summed E-state index contributed by atoms with van der Waals surface area (Å²) in [6.45, 7) is 4.78. The van der Waals surface area contributed by atoms with Crippen LogP contribution in [0, 0.1) is 28.1 Å². The van der Waals surface area contributed by atoms with Gasteiger partial charge in [0.25, 0.3) is 0 Å². The lowest BCUT2D eigenvalue weighted by Crippen LogP contribution is -2.38. The molecule has 0 aromatic carbocycles. The molecule has 0 radical (unpaired) electrons. The summed E-state index contributed by atoms with van der Waals surface area (Å²) in [6.07, 6.45) is 3.83. The summed E-state index contributed by atoms with van der Waals surface area (Å²) < 4.78 is -0.00926. The fraction of sp³-hybridized carbons (Fsp3) is 0.909. The fourth-order valence-electron chi connectivity index (χ4n) is 4.05. The van der Waals surface area contributed by atoms with Gasteiger partial charge in [-0.2, -0.15) is 5.26 Å². The van der Waals surface area contributed by atoms with Gasteiger partial charge in [-0.15, -0.1) is 11.8 Å². The lowest BCUT2D eigenvalue weighted by atomic mass is 9.67. The molecule has 1 saturated heterocycles. The third-order valence-electron chi connectivity index (χ3n) is 5.38. The van der Waals surface area contributed by atoms with Crippen molar-refractivity contribution >= 4 is 11.8 Å². The van der Waals surface area contributed by atoms with E-state index in [2.05, 4.69) is 19.9 Å². The van der Waals surface area contributed by atoms with Gasteiger partial charge in [-0.1, -0.05) is 13.8 Å². The number of hydrogen-bond donors (Lipinski definition) is 0. The highest BCUT2D eigenvalue weighted by Gasteiger charge is 2.75. The van der Waals surface area contributed by atoms with Gasteiger partial charge in [-0.3, -0.25) is 0 Å². The van der Waals surface area contributed by atoms with E-state index in [0.29, 0.717) is 10.8 Å². The molecule has 4 atom stereocenters. The van der Waals surface area contributed by atoms with Gasteiger partial charge in [-0.05, 0) is 30.6 Å². The quantitative estimate of drug-likeness (QED) is 0.590. The van der Waals surface area contributed by atoms with Crippen LogP contribution in [-0.4, -0.2) is 10.5 Å². The fourth-order valence-corrected chi connectivity index (χ4v) is 6.19. The first kappa shape index (κ1) is 8.17. The van der Waals surface area contributed by atoms with E-state index in [9.17, 15) is 5.26 Å². The molecule has 1 nitrogen and oxygen atoms in total. The molecule has 3 fully saturated rings. The third-order valence-corrected chi connectivity index (χ3v) is 7.32. The van der Waals surface area contributed by atoms with Gasteiger partial charge in [0.1, 0.15) is 4.75 Å². The molecular weight excluding hydrogens is 178 g/mol. The van der Waals surface area contributed by atoms with E-state index < -0.39 is 0 Å². The number of rotatable bonds is 0. The number of nitriles is 1. The minimum Gasteiger partial charge on any atom is -0.197 e. The monoisotopic (exact) mass is 193 g/mol. The molecular formula is C11H15NS. The van der Waals surface area contributed by atoms with E-state index >= 15 is 0 Å². The van der Waals surface area contributed by atoms with E-state index in [1.807, 2.05) is 11.8 Å². The molecule has 3 rings (SSSR count). The van der Waals surface area contributed by atoms with Crippen LogP contribution in [0.3, 0.4) is 0 Å². The largest absolute Gasteiger partial charge is 0.197 e. The Labute approximate surface area is 83.9 Å². The van der Waals surface area contributed by atoms with Gasteiger partial charge in [0, 0.05) is 11.2 Å². The molecule has 70 valence electrons. The summed E-state index contributed by atoms with van der Waals surface area (Å²) in [7, 11) is 0. The van der Waals surface area contributed by atoms with Crippen molar-refractivity contribution < 1.29 is 0 Å². The minimum atomic E-state index is -0.00926. The van der Waals surface area contributed by atoms with Gasteiger partial charge in [0.05, 0.1) is 6.07 Å². The van der Waals surface area contributed by atoms with Gasteiger partial charge in [0.2, 0.25) is 0 Å². The van der Waals surface area contributed by atoms with Crippen LogP contribution in [0.2, 0.25) is 0 Å². The second-order valence-corrected chi connectivity index (χ2v) is 6.69. The highest BCUT2D eigenvalue weighted by Crippen LogP contribution is 2.78. The molecule has 3 aliphatic rings. The second kappa shape index (κ2) is 1.93. The Hall–Kier alpha value is -0.160.